The molecule has 0 aliphatic carbocycles. The van der Waals surface area contributed by atoms with Gasteiger partial charge in [-0.1, -0.05) is 22.0 Å². The molecule has 0 N–H and O–H groups in total. The van der Waals surface area contributed by atoms with Gasteiger partial charge in [-0.25, -0.2) is 0 Å². The standard InChI is InChI=1S/C7H4BrN3O/c8-4-1-2-5-6(3-4)9-11-10-7(5)12/h1-3H,(H,9,10,12)/p-1. The SMILES string of the molecule is [O-]c1nnnc2cc(Br)ccc12. The van der Waals surface area contributed by atoms with Crippen LogP contribution in [0.4, 0.5) is 0 Å². The Balaban J connectivity index is 2.86. The van der Waals surface area contributed by atoms with Crippen LogP contribution in [0.2, 0.25) is 0 Å². The Morgan fingerprint density at radius 2 is 2.08 bits per heavy atom. The minimum Gasteiger partial charge on any atom is -0.857 e. The maximum absolute atomic E-state index is 11.1. The van der Waals surface area contributed by atoms with Crippen molar-refractivity contribution >= 4 is 26.8 Å². The number of rotatable bonds is 0. The first kappa shape index (κ1) is 7.42. The molecule has 0 fully saturated rings. The lowest BCUT2D eigenvalue weighted by Crippen LogP contribution is -1.98. The fourth-order valence-corrected chi connectivity index (χ4v) is 1.28. The predicted molar refractivity (Wildman–Crippen MR) is 44.5 cm³/mol. The van der Waals surface area contributed by atoms with Gasteiger partial charge in [0.1, 0.15) is 0 Å². The van der Waals surface area contributed by atoms with E-state index in [1.165, 1.54) is 0 Å². The lowest BCUT2D eigenvalue weighted by molar-refractivity contribution is -0.273. The summed E-state index contributed by atoms with van der Waals surface area (Å²) in [6.45, 7) is 0. The third-order valence-corrected chi connectivity index (χ3v) is 1.97. The Kier molecular flexibility index (Phi) is 1.65. The van der Waals surface area contributed by atoms with Crippen LogP contribution in [0.5, 0.6) is 5.88 Å². The van der Waals surface area contributed by atoms with Gasteiger partial charge in [-0.05, 0) is 17.3 Å². The average Bonchev–Trinajstić information content (AvgIpc) is 2.04. The van der Waals surface area contributed by atoms with Gasteiger partial charge in [-0.2, -0.15) is 0 Å². The van der Waals surface area contributed by atoms with Crippen molar-refractivity contribution in [2.45, 2.75) is 0 Å². The summed E-state index contributed by atoms with van der Waals surface area (Å²) in [5.41, 5.74) is 0.560. The molecule has 0 spiro atoms. The van der Waals surface area contributed by atoms with E-state index in [2.05, 4.69) is 31.3 Å². The smallest absolute Gasteiger partial charge is 0.0968 e. The van der Waals surface area contributed by atoms with E-state index in [1.54, 1.807) is 18.2 Å². The van der Waals surface area contributed by atoms with E-state index in [0.717, 1.165) is 4.47 Å². The molecule has 0 atom stereocenters. The summed E-state index contributed by atoms with van der Waals surface area (Å²) in [7, 11) is 0. The maximum Gasteiger partial charge on any atom is 0.0968 e. The molecule has 0 radical (unpaired) electrons. The molecule has 5 heteroatoms. The van der Waals surface area contributed by atoms with Crippen molar-refractivity contribution in [3.05, 3.63) is 22.7 Å². The Morgan fingerprint density at radius 1 is 1.25 bits per heavy atom. The van der Waals surface area contributed by atoms with Gasteiger partial charge < -0.3 is 5.11 Å². The van der Waals surface area contributed by atoms with Crippen molar-refractivity contribution in [1.82, 2.24) is 15.4 Å². The van der Waals surface area contributed by atoms with E-state index in [1.807, 2.05) is 0 Å². The van der Waals surface area contributed by atoms with Crippen LogP contribution >= 0.6 is 15.9 Å². The molecule has 2 aromatic rings. The normalized spacial score (nSPS) is 10.4. The second-order valence-electron chi connectivity index (χ2n) is 2.26. The van der Waals surface area contributed by atoms with Gasteiger partial charge in [0.25, 0.3) is 0 Å². The van der Waals surface area contributed by atoms with Gasteiger partial charge in [0.2, 0.25) is 0 Å². The monoisotopic (exact) mass is 224 g/mol. The Morgan fingerprint density at radius 3 is 2.92 bits per heavy atom. The zero-order valence-corrected chi connectivity index (χ0v) is 7.45. The third-order valence-electron chi connectivity index (χ3n) is 1.48. The van der Waals surface area contributed by atoms with Crippen LogP contribution in [0.1, 0.15) is 0 Å². The van der Waals surface area contributed by atoms with Crippen LogP contribution in [0.3, 0.4) is 0 Å². The zero-order valence-electron chi connectivity index (χ0n) is 5.86. The highest BCUT2D eigenvalue weighted by molar-refractivity contribution is 9.10. The first-order chi connectivity index (χ1) is 5.77. The molecule has 1 heterocycles. The zero-order chi connectivity index (χ0) is 8.55. The first-order valence-electron chi connectivity index (χ1n) is 3.23. The van der Waals surface area contributed by atoms with Crippen LogP contribution in [0.15, 0.2) is 22.7 Å². The average molecular weight is 225 g/mol. The molecule has 4 nitrogen and oxygen atoms in total. The van der Waals surface area contributed by atoms with Gasteiger partial charge in [-0.3, -0.25) is 0 Å². The minimum atomic E-state index is -0.340. The number of aromatic nitrogens is 3. The van der Waals surface area contributed by atoms with Crippen molar-refractivity contribution in [1.29, 1.82) is 0 Å². The minimum absolute atomic E-state index is 0.340. The van der Waals surface area contributed by atoms with Crippen LogP contribution in [0.25, 0.3) is 10.9 Å². The number of hydrogen-bond acceptors (Lipinski definition) is 4. The summed E-state index contributed by atoms with van der Waals surface area (Å²) >= 11 is 3.27. The number of hydrogen-bond donors (Lipinski definition) is 0. The van der Waals surface area contributed by atoms with Crippen molar-refractivity contribution in [2.24, 2.45) is 0 Å². The van der Waals surface area contributed by atoms with Crippen molar-refractivity contribution < 1.29 is 5.11 Å². The molecule has 0 bridgehead atoms. The summed E-state index contributed by atoms with van der Waals surface area (Å²) in [6.07, 6.45) is 0. The Labute approximate surface area is 76.4 Å². The van der Waals surface area contributed by atoms with Crippen LogP contribution in [-0.4, -0.2) is 15.4 Å². The molecule has 0 amide bonds. The molecular formula is C7H3BrN3O-. The predicted octanol–water partition coefficient (Wildman–Crippen LogP) is 0.861. The first-order valence-corrected chi connectivity index (χ1v) is 4.02. The summed E-state index contributed by atoms with van der Waals surface area (Å²) in [6, 6.07) is 5.17. The van der Waals surface area contributed by atoms with Gasteiger partial charge in [-0.15, -0.1) is 10.2 Å². The second-order valence-corrected chi connectivity index (χ2v) is 3.17. The number of nitrogens with zero attached hydrogens (tertiary/aromatic N) is 3. The molecule has 0 unspecified atom stereocenters. The third kappa shape index (κ3) is 1.12. The van der Waals surface area contributed by atoms with Crippen LogP contribution in [-0.2, 0) is 0 Å². The maximum atomic E-state index is 11.1. The lowest BCUT2D eigenvalue weighted by atomic mass is 10.2. The number of benzene rings is 1. The Bertz CT molecular complexity index is 432. The summed E-state index contributed by atoms with van der Waals surface area (Å²) in [4.78, 5) is 0. The highest BCUT2D eigenvalue weighted by Gasteiger charge is 1.96. The molecule has 12 heavy (non-hydrogen) atoms. The van der Waals surface area contributed by atoms with E-state index in [-0.39, 0.29) is 5.88 Å². The number of halogens is 1. The van der Waals surface area contributed by atoms with Gasteiger partial charge >= 0.3 is 0 Å². The van der Waals surface area contributed by atoms with E-state index < -0.39 is 0 Å². The van der Waals surface area contributed by atoms with Gasteiger partial charge in [0, 0.05) is 15.7 Å². The molecule has 0 saturated carbocycles. The fourth-order valence-electron chi connectivity index (χ4n) is 0.933. The van der Waals surface area contributed by atoms with Crippen LogP contribution in [0, 0.1) is 0 Å². The molecule has 1 aromatic carbocycles. The summed E-state index contributed by atoms with van der Waals surface area (Å²) in [5.74, 6) is -0.340. The highest BCUT2D eigenvalue weighted by Crippen LogP contribution is 2.20. The lowest BCUT2D eigenvalue weighted by Gasteiger charge is -2.05. The quantitative estimate of drug-likeness (QED) is 0.667. The molecule has 0 saturated heterocycles. The van der Waals surface area contributed by atoms with E-state index in [0.29, 0.717) is 10.9 Å². The van der Waals surface area contributed by atoms with E-state index in [4.69, 9.17) is 0 Å². The molecule has 1 aromatic heterocycles. The topological polar surface area (TPSA) is 61.7 Å². The van der Waals surface area contributed by atoms with Crippen LogP contribution < -0.4 is 5.11 Å². The van der Waals surface area contributed by atoms with Gasteiger partial charge in [0.05, 0.1) is 5.52 Å². The summed E-state index contributed by atoms with van der Waals surface area (Å²) in [5, 5.41) is 21.9. The molecule has 0 aliphatic heterocycles. The largest absolute Gasteiger partial charge is 0.857 e. The summed E-state index contributed by atoms with van der Waals surface area (Å²) < 4.78 is 0.870. The molecule has 2 rings (SSSR count). The highest BCUT2D eigenvalue weighted by atomic mass is 79.9. The molecular weight excluding hydrogens is 222 g/mol. The number of fused-ring (bicyclic) bond motifs is 1. The van der Waals surface area contributed by atoms with Crippen molar-refractivity contribution in [3.8, 4) is 5.88 Å². The van der Waals surface area contributed by atoms with E-state index >= 15 is 0 Å². The second kappa shape index (κ2) is 2.67. The van der Waals surface area contributed by atoms with Crippen molar-refractivity contribution in [2.75, 3.05) is 0 Å². The molecule has 60 valence electrons. The van der Waals surface area contributed by atoms with E-state index in [9.17, 15) is 5.11 Å². The Hall–Kier alpha value is -1.23. The molecule has 0 aliphatic rings. The fraction of sp³-hybridized carbons (Fsp3) is 0. The van der Waals surface area contributed by atoms with Gasteiger partial charge in [0.15, 0.2) is 0 Å². The van der Waals surface area contributed by atoms with Crippen molar-refractivity contribution in [3.63, 3.8) is 0 Å².